The van der Waals surface area contributed by atoms with Crippen molar-refractivity contribution < 1.29 is 9.59 Å². The molecule has 2 aliphatic rings. The van der Waals surface area contributed by atoms with Crippen molar-refractivity contribution in [1.29, 1.82) is 0 Å². The molecule has 18 heavy (non-hydrogen) atoms. The molecule has 1 N–H and O–H groups in total. The molecule has 2 amide bonds. The molecule has 1 saturated heterocycles. The van der Waals surface area contributed by atoms with Crippen LogP contribution < -0.4 is 5.32 Å². The molecule has 94 valence electrons. The molecule has 0 aliphatic carbocycles. The number of hydrogen-bond donors (Lipinski definition) is 1. The molecule has 3 rings (SSSR count). The monoisotopic (exact) mass is 308 g/mol. The topological polar surface area (TPSA) is 49.4 Å². The fourth-order valence-corrected chi connectivity index (χ4v) is 2.92. The Morgan fingerprint density at radius 1 is 1.28 bits per heavy atom. The molecule has 1 fully saturated rings. The minimum atomic E-state index is -0.176. The van der Waals surface area contributed by atoms with Gasteiger partial charge in [0.2, 0.25) is 0 Å². The first-order valence-electron chi connectivity index (χ1n) is 6.06. The maximum absolute atomic E-state index is 12.2. The van der Waals surface area contributed by atoms with Crippen LogP contribution in [0.4, 0.5) is 0 Å². The van der Waals surface area contributed by atoms with Gasteiger partial charge in [-0.1, -0.05) is 15.9 Å². The third kappa shape index (κ3) is 1.87. The molecular formula is C13H13BrN2O2. The summed E-state index contributed by atoms with van der Waals surface area (Å²) in [5.74, 6) is -0.346. The molecule has 2 heterocycles. The van der Waals surface area contributed by atoms with Gasteiger partial charge in [0.25, 0.3) is 11.8 Å². The number of hydrogen-bond acceptors (Lipinski definition) is 3. The number of carbonyl (C=O) groups excluding carboxylic acids is 2. The first-order chi connectivity index (χ1) is 8.66. The molecule has 1 aromatic rings. The second-order valence-electron chi connectivity index (χ2n) is 4.70. The number of benzene rings is 1. The quantitative estimate of drug-likeness (QED) is 0.848. The standard InChI is InChI=1S/C13H13BrN2O2/c14-8-3-4-10-11(6-8)13(18)16(12(10)17)7-9-2-1-5-15-9/h3-4,6,9,15H,1-2,5,7H2/t9-/m1/s1. The Kier molecular flexibility index (Phi) is 2.95. The highest BCUT2D eigenvalue weighted by Gasteiger charge is 2.37. The van der Waals surface area contributed by atoms with E-state index in [1.807, 2.05) is 0 Å². The molecule has 0 radical (unpaired) electrons. The maximum atomic E-state index is 12.2. The van der Waals surface area contributed by atoms with Crippen molar-refractivity contribution in [2.24, 2.45) is 0 Å². The lowest BCUT2D eigenvalue weighted by molar-refractivity contribution is 0.0641. The van der Waals surface area contributed by atoms with Crippen molar-refractivity contribution in [3.63, 3.8) is 0 Å². The summed E-state index contributed by atoms with van der Waals surface area (Å²) in [6.45, 7) is 1.45. The van der Waals surface area contributed by atoms with Gasteiger partial charge in [-0.15, -0.1) is 0 Å². The van der Waals surface area contributed by atoms with Crippen molar-refractivity contribution in [3.05, 3.63) is 33.8 Å². The number of halogens is 1. The van der Waals surface area contributed by atoms with E-state index in [1.165, 1.54) is 4.90 Å². The smallest absolute Gasteiger partial charge is 0.261 e. The summed E-state index contributed by atoms with van der Waals surface area (Å²) < 4.78 is 0.822. The number of amides is 2. The van der Waals surface area contributed by atoms with Gasteiger partial charge in [-0.2, -0.15) is 0 Å². The molecule has 2 aliphatic heterocycles. The number of rotatable bonds is 2. The van der Waals surface area contributed by atoms with E-state index in [0.717, 1.165) is 23.9 Å². The lowest BCUT2D eigenvalue weighted by Gasteiger charge is -2.18. The fourth-order valence-electron chi connectivity index (χ4n) is 2.56. The van der Waals surface area contributed by atoms with E-state index in [1.54, 1.807) is 18.2 Å². The Morgan fingerprint density at radius 2 is 2.06 bits per heavy atom. The van der Waals surface area contributed by atoms with Crippen LogP contribution in [0.25, 0.3) is 0 Å². The van der Waals surface area contributed by atoms with Gasteiger partial charge in [-0.25, -0.2) is 0 Å². The van der Waals surface area contributed by atoms with Crippen LogP contribution in [0, 0.1) is 0 Å². The average molecular weight is 309 g/mol. The summed E-state index contributed by atoms with van der Waals surface area (Å²) in [5.41, 5.74) is 1.02. The molecule has 0 aromatic heterocycles. The zero-order chi connectivity index (χ0) is 12.7. The molecule has 0 spiro atoms. The number of imide groups is 1. The first kappa shape index (κ1) is 11.9. The molecule has 0 bridgehead atoms. The van der Waals surface area contributed by atoms with E-state index in [0.29, 0.717) is 17.7 Å². The van der Waals surface area contributed by atoms with Gasteiger partial charge in [0, 0.05) is 17.1 Å². The van der Waals surface area contributed by atoms with E-state index >= 15 is 0 Å². The summed E-state index contributed by atoms with van der Waals surface area (Å²) >= 11 is 3.33. The summed E-state index contributed by atoms with van der Waals surface area (Å²) in [6, 6.07) is 5.47. The third-order valence-electron chi connectivity index (χ3n) is 3.50. The highest BCUT2D eigenvalue weighted by molar-refractivity contribution is 9.10. The van der Waals surface area contributed by atoms with Crippen LogP contribution in [0.1, 0.15) is 33.6 Å². The lowest BCUT2D eigenvalue weighted by Crippen LogP contribution is -2.40. The summed E-state index contributed by atoms with van der Waals surface area (Å²) in [4.78, 5) is 25.7. The van der Waals surface area contributed by atoms with Gasteiger partial charge in [-0.05, 0) is 37.6 Å². The SMILES string of the molecule is O=C1c2ccc(Br)cc2C(=O)N1C[C@H]1CCCN1. The van der Waals surface area contributed by atoms with Crippen molar-refractivity contribution in [2.45, 2.75) is 18.9 Å². The number of carbonyl (C=O) groups is 2. The predicted octanol–water partition coefficient (Wildman–Crippen LogP) is 1.80. The normalized spacial score (nSPS) is 22.7. The zero-order valence-electron chi connectivity index (χ0n) is 9.78. The highest BCUT2D eigenvalue weighted by Crippen LogP contribution is 2.26. The Balaban J connectivity index is 1.87. The molecule has 0 saturated carbocycles. The number of fused-ring (bicyclic) bond motifs is 1. The largest absolute Gasteiger partial charge is 0.312 e. The number of nitrogens with zero attached hydrogens (tertiary/aromatic N) is 1. The highest BCUT2D eigenvalue weighted by atomic mass is 79.9. The Hall–Kier alpha value is -1.20. The first-order valence-corrected chi connectivity index (χ1v) is 6.85. The molecule has 4 nitrogen and oxygen atoms in total. The third-order valence-corrected chi connectivity index (χ3v) is 3.99. The van der Waals surface area contributed by atoms with Crippen LogP contribution in [-0.4, -0.2) is 35.8 Å². The van der Waals surface area contributed by atoms with Gasteiger partial charge < -0.3 is 5.32 Å². The summed E-state index contributed by atoms with van der Waals surface area (Å²) in [6.07, 6.45) is 2.14. The Labute approximate surface area is 113 Å². The van der Waals surface area contributed by atoms with Crippen molar-refractivity contribution in [1.82, 2.24) is 10.2 Å². The van der Waals surface area contributed by atoms with Crippen molar-refractivity contribution >= 4 is 27.7 Å². The van der Waals surface area contributed by atoms with Crippen LogP contribution in [0.15, 0.2) is 22.7 Å². The second-order valence-corrected chi connectivity index (χ2v) is 5.62. The van der Waals surface area contributed by atoms with Crippen LogP contribution >= 0.6 is 15.9 Å². The zero-order valence-corrected chi connectivity index (χ0v) is 11.4. The molecule has 0 unspecified atom stereocenters. The predicted molar refractivity (Wildman–Crippen MR) is 70.5 cm³/mol. The van der Waals surface area contributed by atoms with Gasteiger partial charge in [-0.3, -0.25) is 14.5 Å². The second kappa shape index (κ2) is 4.48. The number of nitrogens with one attached hydrogen (secondary N) is 1. The summed E-state index contributed by atoms with van der Waals surface area (Å²) in [7, 11) is 0. The van der Waals surface area contributed by atoms with Crippen molar-refractivity contribution in [3.8, 4) is 0 Å². The van der Waals surface area contributed by atoms with Gasteiger partial charge >= 0.3 is 0 Å². The van der Waals surface area contributed by atoms with E-state index in [4.69, 9.17) is 0 Å². The van der Waals surface area contributed by atoms with Crippen molar-refractivity contribution in [2.75, 3.05) is 13.1 Å². The average Bonchev–Trinajstić information content (AvgIpc) is 2.93. The Bertz CT molecular complexity index is 524. The minimum absolute atomic E-state index is 0.170. The van der Waals surface area contributed by atoms with E-state index in [9.17, 15) is 9.59 Å². The summed E-state index contributed by atoms with van der Waals surface area (Å²) in [5, 5.41) is 3.31. The van der Waals surface area contributed by atoms with Crippen LogP contribution in [-0.2, 0) is 0 Å². The van der Waals surface area contributed by atoms with Gasteiger partial charge in [0.1, 0.15) is 0 Å². The molecule has 5 heteroatoms. The fraction of sp³-hybridized carbons (Fsp3) is 0.385. The van der Waals surface area contributed by atoms with E-state index in [2.05, 4.69) is 21.2 Å². The van der Waals surface area contributed by atoms with E-state index < -0.39 is 0 Å². The lowest BCUT2D eigenvalue weighted by atomic mass is 10.1. The van der Waals surface area contributed by atoms with Gasteiger partial charge in [0.05, 0.1) is 11.1 Å². The van der Waals surface area contributed by atoms with Crippen LogP contribution in [0.2, 0.25) is 0 Å². The van der Waals surface area contributed by atoms with E-state index in [-0.39, 0.29) is 17.9 Å². The van der Waals surface area contributed by atoms with Crippen LogP contribution in [0.5, 0.6) is 0 Å². The minimum Gasteiger partial charge on any atom is -0.312 e. The maximum Gasteiger partial charge on any atom is 0.261 e. The van der Waals surface area contributed by atoms with Crippen LogP contribution in [0.3, 0.4) is 0 Å². The Morgan fingerprint density at radius 3 is 2.78 bits per heavy atom. The molecule has 1 atom stereocenters. The molecular weight excluding hydrogens is 296 g/mol. The van der Waals surface area contributed by atoms with Gasteiger partial charge in [0.15, 0.2) is 0 Å². The molecule has 1 aromatic carbocycles.